The molecule has 27 heavy (non-hydrogen) atoms. The van der Waals surface area contributed by atoms with Gasteiger partial charge in [0.05, 0.1) is 12.1 Å². The molecular formula is C20H16ClN3O2S. The number of hydrogen-bond acceptors (Lipinski definition) is 5. The molecule has 1 atom stereocenters. The van der Waals surface area contributed by atoms with Crippen LogP contribution in [-0.4, -0.2) is 28.5 Å². The van der Waals surface area contributed by atoms with Crippen LogP contribution >= 0.6 is 22.9 Å². The average Bonchev–Trinajstić information content (AvgIpc) is 3.34. The van der Waals surface area contributed by atoms with Gasteiger partial charge in [-0.2, -0.15) is 0 Å². The first-order chi connectivity index (χ1) is 13.2. The molecular weight excluding hydrogens is 382 g/mol. The van der Waals surface area contributed by atoms with Crippen molar-refractivity contribution in [2.45, 2.75) is 12.5 Å². The quantitative estimate of drug-likeness (QED) is 0.661. The topological polar surface area (TPSA) is 64.1 Å². The Kier molecular flexibility index (Phi) is 5.18. The molecule has 2 aromatic heterocycles. The number of aromatic nitrogens is 2. The van der Waals surface area contributed by atoms with Crippen molar-refractivity contribution < 1.29 is 9.53 Å². The van der Waals surface area contributed by atoms with Gasteiger partial charge in [-0.3, -0.25) is 4.79 Å². The normalized spacial score (nSPS) is 15.5. The van der Waals surface area contributed by atoms with E-state index in [1.807, 2.05) is 23.6 Å². The second-order valence-electron chi connectivity index (χ2n) is 6.05. The molecule has 1 aliphatic heterocycles. The molecule has 0 fully saturated rings. The first-order valence-corrected chi connectivity index (χ1v) is 9.70. The Labute approximate surface area is 165 Å². The minimum absolute atomic E-state index is 0.146. The third kappa shape index (κ3) is 4.18. The van der Waals surface area contributed by atoms with Gasteiger partial charge in [0.15, 0.2) is 5.82 Å². The van der Waals surface area contributed by atoms with Crippen LogP contribution in [0.15, 0.2) is 54.2 Å². The summed E-state index contributed by atoms with van der Waals surface area (Å²) in [6.45, 7) is 0.412. The summed E-state index contributed by atoms with van der Waals surface area (Å²) in [6, 6.07) is 9.37. The zero-order valence-corrected chi connectivity index (χ0v) is 15.8. The molecule has 0 bridgehead atoms. The lowest BCUT2D eigenvalue weighted by Gasteiger charge is -2.12. The first-order valence-electron chi connectivity index (χ1n) is 8.45. The molecule has 1 aromatic carbocycles. The summed E-state index contributed by atoms with van der Waals surface area (Å²) in [5.41, 5.74) is 1.77. The van der Waals surface area contributed by atoms with E-state index in [-0.39, 0.29) is 12.0 Å². The number of nitrogens with zero attached hydrogens (tertiary/aromatic N) is 2. The number of carbonyl (C=O) groups is 1. The van der Waals surface area contributed by atoms with Crippen LogP contribution in [0.2, 0.25) is 5.02 Å². The summed E-state index contributed by atoms with van der Waals surface area (Å²) in [4.78, 5) is 21.6. The van der Waals surface area contributed by atoms with Crippen LogP contribution in [0.5, 0.6) is 5.75 Å². The summed E-state index contributed by atoms with van der Waals surface area (Å²) < 4.78 is 6.07. The molecule has 0 saturated carbocycles. The van der Waals surface area contributed by atoms with E-state index < -0.39 is 0 Å². The van der Waals surface area contributed by atoms with Crippen LogP contribution < -0.4 is 10.1 Å². The standard InChI is InChI=1S/C20H16ClN3O2S/c21-14-9-13-10-15(12-24-18(25)5-4-16-3-1-8-27-16)26-19(13)17(11-14)20-22-6-2-7-23-20/h1-9,11,15H,10,12H2,(H,24,25). The second-order valence-corrected chi connectivity index (χ2v) is 7.47. The molecule has 3 aromatic rings. The molecule has 4 rings (SSSR count). The highest BCUT2D eigenvalue weighted by Gasteiger charge is 2.27. The Morgan fingerprint density at radius 1 is 1.33 bits per heavy atom. The number of ether oxygens (including phenoxy) is 1. The molecule has 1 aliphatic rings. The van der Waals surface area contributed by atoms with Crippen molar-refractivity contribution in [2.75, 3.05) is 6.54 Å². The average molecular weight is 398 g/mol. The number of nitrogens with one attached hydrogen (secondary N) is 1. The zero-order chi connectivity index (χ0) is 18.6. The van der Waals surface area contributed by atoms with Crippen molar-refractivity contribution in [3.8, 4) is 17.1 Å². The van der Waals surface area contributed by atoms with Crippen LogP contribution in [0, 0.1) is 0 Å². The minimum Gasteiger partial charge on any atom is -0.487 e. The zero-order valence-electron chi connectivity index (χ0n) is 14.3. The highest BCUT2D eigenvalue weighted by atomic mass is 35.5. The van der Waals surface area contributed by atoms with Gasteiger partial charge in [-0.15, -0.1) is 11.3 Å². The second kappa shape index (κ2) is 7.90. The highest BCUT2D eigenvalue weighted by molar-refractivity contribution is 7.10. The maximum Gasteiger partial charge on any atom is 0.244 e. The Balaban J connectivity index is 1.43. The maximum atomic E-state index is 12.0. The van der Waals surface area contributed by atoms with E-state index in [1.54, 1.807) is 41.9 Å². The van der Waals surface area contributed by atoms with Gasteiger partial charge in [-0.1, -0.05) is 17.7 Å². The monoisotopic (exact) mass is 397 g/mol. The molecule has 0 spiro atoms. The van der Waals surface area contributed by atoms with Crippen molar-refractivity contribution in [1.29, 1.82) is 0 Å². The fourth-order valence-corrected chi connectivity index (χ4v) is 3.79. The summed E-state index contributed by atoms with van der Waals surface area (Å²) in [5.74, 6) is 1.16. The molecule has 136 valence electrons. The summed E-state index contributed by atoms with van der Waals surface area (Å²) in [6.07, 6.45) is 7.22. The van der Waals surface area contributed by atoms with Gasteiger partial charge in [-0.05, 0) is 35.7 Å². The molecule has 1 amide bonds. The highest BCUT2D eigenvalue weighted by Crippen LogP contribution is 2.39. The smallest absolute Gasteiger partial charge is 0.244 e. The van der Waals surface area contributed by atoms with Crippen molar-refractivity contribution in [2.24, 2.45) is 0 Å². The van der Waals surface area contributed by atoms with Crippen LogP contribution in [0.3, 0.4) is 0 Å². The fraction of sp³-hybridized carbons (Fsp3) is 0.150. The van der Waals surface area contributed by atoms with Crippen LogP contribution in [-0.2, 0) is 11.2 Å². The largest absolute Gasteiger partial charge is 0.487 e. The maximum absolute atomic E-state index is 12.0. The van der Waals surface area contributed by atoms with E-state index in [0.29, 0.717) is 23.8 Å². The minimum atomic E-state index is -0.153. The summed E-state index contributed by atoms with van der Waals surface area (Å²) in [7, 11) is 0. The number of halogens is 1. The number of carbonyl (C=O) groups excluding carboxylic acids is 1. The van der Waals surface area contributed by atoms with Crippen molar-refractivity contribution >= 4 is 34.9 Å². The van der Waals surface area contributed by atoms with Gasteiger partial charge in [-0.25, -0.2) is 9.97 Å². The molecule has 0 radical (unpaired) electrons. The fourth-order valence-electron chi connectivity index (χ4n) is 2.93. The van der Waals surface area contributed by atoms with Crippen LogP contribution in [0.4, 0.5) is 0 Å². The Bertz CT molecular complexity index is 974. The molecule has 0 saturated heterocycles. The van der Waals surface area contributed by atoms with Gasteiger partial charge >= 0.3 is 0 Å². The van der Waals surface area contributed by atoms with Crippen molar-refractivity contribution in [3.63, 3.8) is 0 Å². The lowest BCUT2D eigenvalue weighted by molar-refractivity contribution is -0.116. The predicted molar refractivity (Wildman–Crippen MR) is 107 cm³/mol. The lowest BCUT2D eigenvalue weighted by atomic mass is 10.1. The first kappa shape index (κ1) is 17.7. The van der Waals surface area contributed by atoms with E-state index in [1.165, 1.54) is 6.08 Å². The van der Waals surface area contributed by atoms with E-state index in [4.69, 9.17) is 16.3 Å². The predicted octanol–water partition coefficient (Wildman–Crippen LogP) is 3.99. The molecule has 1 N–H and O–H groups in total. The van der Waals surface area contributed by atoms with Crippen LogP contribution in [0.1, 0.15) is 10.4 Å². The molecule has 3 heterocycles. The Morgan fingerprint density at radius 3 is 2.96 bits per heavy atom. The van der Waals surface area contributed by atoms with Gasteiger partial charge in [0.2, 0.25) is 5.91 Å². The Morgan fingerprint density at radius 2 is 2.19 bits per heavy atom. The van der Waals surface area contributed by atoms with E-state index in [9.17, 15) is 4.79 Å². The van der Waals surface area contributed by atoms with Gasteiger partial charge in [0.1, 0.15) is 11.9 Å². The Hall–Kier alpha value is -2.70. The van der Waals surface area contributed by atoms with E-state index in [0.717, 1.165) is 21.8 Å². The molecule has 5 nitrogen and oxygen atoms in total. The van der Waals surface area contributed by atoms with E-state index in [2.05, 4.69) is 15.3 Å². The van der Waals surface area contributed by atoms with Gasteiger partial charge < -0.3 is 10.1 Å². The summed E-state index contributed by atoms with van der Waals surface area (Å²) in [5, 5.41) is 5.47. The number of benzene rings is 1. The van der Waals surface area contributed by atoms with E-state index >= 15 is 0 Å². The van der Waals surface area contributed by atoms with Crippen molar-refractivity contribution in [3.05, 3.63) is 69.6 Å². The number of fused-ring (bicyclic) bond motifs is 1. The number of hydrogen-bond donors (Lipinski definition) is 1. The lowest BCUT2D eigenvalue weighted by Crippen LogP contribution is -2.33. The molecule has 0 aliphatic carbocycles. The number of amides is 1. The molecule has 1 unspecified atom stereocenters. The van der Waals surface area contributed by atoms with Gasteiger partial charge in [0.25, 0.3) is 0 Å². The number of rotatable bonds is 5. The number of thiophene rings is 1. The third-order valence-electron chi connectivity index (χ3n) is 4.12. The van der Waals surface area contributed by atoms with Crippen molar-refractivity contribution in [1.82, 2.24) is 15.3 Å². The molecule has 7 heteroatoms. The van der Waals surface area contributed by atoms with Crippen LogP contribution in [0.25, 0.3) is 17.5 Å². The SMILES string of the molecule is O=C(C=Cc1cccs1)NCC1Cc2cc(Cl)cc(-c3ncccn3)c2O1. The van der Waals surface area contributed by atoms with Gasteiger partial charge in [0, 0.05) is 40.4 Å². The summed E-state index contributed by atoms with van der Waals surface area (Å²) >= 11 is 7.84. The third-order valence-corrected chi connectivity index (χ3v) is 5.17.